The van der Waals surface area contributed by atoms with E-state index in [1.165, 1.54) is 5.56 Å². The summed E-state index contributed by atoms with van der Waals surface area (Å²) in [6.07, 6.45) is 2.23. The number of nitrogens with zero attached hydrogens (tertiary/aromatic N) is 2. The van der Waals surface area contributed by atoms with Crippen molar-refractivity contribution in [2.75, 3.05) is 18.4 Å². The van der Waals surface area contributed by atoms with Gasteiger partial charge in [-0.05, 0) is 36.6 Å². The number of nitrogens with one attached hydrogen (secondary N) is 2. The lowest BCUT2D eigenvalue weighted by atomic mass is 10.1. The molecule has 0 saturated carbocycles. The number of rotatable bonds is 9. The molecule has 33 heavy (non-hydrogen) atoms. The maximum atomic E-state index is 12.7. The van der Waals surface area contributed by atoms with Crippen molar-refractivity contribution in [3.8, 4) is 5.75 Å². The van der Waals surface area contributed by atoms with Crippen molar-refractivity contribution in [3.63, 3.8) is 0 Å². The van der Waals surface area contributed by atoms with Gasteiger partial charge in [0.05, 0.1) is 12.7 Å². The molecule has 1 aliphatic rings. The molecule has 1 fully saturated rings. The molecule has 7 heteroatoms. The van der Waals surface area contributed by atoms with Crippen molar-refractivity contribution in [2.24, 2.45) is 0 Å². The molecule has 0 radical (unpaired) electrons. The number of aromatic nitrogens is 1. The van der Waals surface area contributed by atoms with Gasteiger partial charge in [0.1, 0.15) is 24.2 Å². The Morgan fingerprint density at radius 2 is 1.85 bits per heavy atom. The Hall–Kier alpha value is -3.87. The van der Waals surface area contributed by atoms with Crippen molar-refractivity contribution in [1.29, 1.82) is 0 Å². The van der Waals surface area contributed by atoms with Crippen LogP contribution in [0.25, 0.3) is 0 Å². The molecule has 4 rings (SSSR count). The van der Waals surface area contributed by atoms with Gasteiger partial charge in [0, 0.05) is 13.1 Å². The fourth-order valence-electron chi connectivity index (χ4n) is 3.67. The Balaban J connectivity index is 1.20. The van der Waals surface area contributed by atoms with E-state index in [1.807, 2.05) is 61.5 Å². The Morgan fingerprint density at radius 3 is 2.58 bits per heavy atom. The third-order valence-electron chi connectivity index (χ3n) is 5.54. The van der Waals surface area contributed by atoms with Gasteiger partial charge in [-0.15, -0.1) is 0 Å². The molecule has 0 bridgehead atoms. The van der Waals surface area contributed by atoms with Gasteiger partial charge in [0.15, 0.2) is 0 Å². The molecule has 7 nitrogen and oxygen atoms in total. The van der Waals surface area contributed by atoms with Crippen molar-refractivity contribution in [1.82, 2.24) is 15.2 Å². The summed E-state index contributed by atoms with van der Waals surface area (Å²) in [6, 6.07) is 21.1. The summed E-state index contributed by atoms with van der Waals surface area (Å²) in [5.41, 5.74) is 3.35. The lowest BCUT2D eigenvalue weighted by molar-refractivity contribution is -0.132. The average molecular weight is 445 g/mol. The van der Waals surface area contributed by atoms with Gasteiger partial charge in [-0.1, -0.05) is 60.2 Å². The number of pyridine rings is 1. The number of hydrogen-bond donors (Lipinski definition) is 2. The number of likely N-dealkylation sites (tertiary alicyclic amines) is 1. The van der Waals surface area contributed by atoms with Crippen molar-refractivity contribution >= 4 is 17.6 Å². The molecule has 1 aliphatic heterocycles. The molecule has 0 unspecified atom stereocenters. The number of carbonyl (C=O) groups excluding carboxylic acids is 2. The third-order valence-corrected chi connectivity index (χ3v) is 5.54. The van der Waals surface area contributed by atoms with E-state index >= 15 is 0 Å². The van der Waals surface area contributed by atoms with E-state index < -0.39 is 6.04 Å². The van der Waals surface area contributed by atoms with Crippen LogP contribution >= 0.6 is 0 Å². The molecule has 1 atom stereocenters. The first-order valence-electron chi connectivity index (χ1n) is 11.1. The van der Waals surface area contributed by atoms with Crippen LogP contribution in [0.4, 0.5) is 5.82 Å². The van der Waals surface area contributed by atoms with E-state index in [0.29, 0.717) is 37.7 Å². The van der Waals surface area contributed by atoms with E-state index in [1.54, 1.807) is 23.2 Å². The topological polar surface area (TPSA) is 83.6 Å². The molecule has 3 aromatic rings. The molecule has 2 amide bonds. The first kappa shape index (κ1) is 22.3. The summed E-state index contributed by atoms with van der Waals surface area (Å²) in [5.74, 6) is 0.939. The van der Waals surface area contributed by atoms with Gasteiger partial charge < -0.3 is 20.3 Å². The average Bonchev–Trinajstić information content (AvgIpc) is 3.18. The highest BCUT2D eigenvalue weighted by atomic mass is 16.5. The Bertz CT molecular complexity index is 1070. The zero-order chi connectivity index (χ0) is 23.0. The molecule has 2 aromatic carbocycles. The van der Waals surface area contributed by atoms with Gasteiger partial charge in [0.2, 0.25) is 11.8 Å². The molecule has 2 N–H and O–H groups in total. The number of aryl methyl sites for hydroxylation is 1. The van der Waals surface area contributed by atoms with E-state index in [9.17, 15) is 9.59 Å². The van der Waals surface area contributed by atoms with Gasteiger partial charge >= 0.3 is 0 Å². The summed E-state index contributed by atoms with van der Waals surface area (Å²) in [5, 5.41) is 5.82. The van der Waals surface area contributed by atoms with E-state index in [4.69, 9.17) is 4.74 Å². The van der Waals surface area contributed by atoms with Crippen molar-refractivity contribution in [3.05, 3.63) is 89.6 Å². The second kappa shape index (κ2) is 10.6. The highest BCUT2D eigenvalue weighted by Crippen LogP contribution is 2.16. The van der Waals surface area contributed by atoms with Crippen LogP contribution in [0.2, 0.25) is 0 Å². The SMILES string of the molecule is Cc1ccc(CN2CC[C@@H](NC(=O)CNc3ccc(OCc4ccccc4)cn3)C2=O)cc1. The molecule has 0 aliphatic carbocycles. The predicted octanol–water partition coefficient (Wildman–Crippen LogP) is 3.30. The number of hydrogen-bond acceptors (Lipinski definition) is 5. The fourth-order valence-corrected chi connectivity index (χ4v) is 3.67. The monoisotopic (exact) mass is 444 g/mol. The predicted molar refractivity (Wildman–Crippen MR) is 127 cm³/mol. The van der Waals surface area contributed by atoms with Crippen LogP contribution in [-0.4, -0.2) is 40.8 Å². The van der Waals surface area contributed by atoms with Crippen molar-refractivity contribution in [2.45, 2.75) is 32.5 Å². The molecule has 0 spiro atoms. The second-order valence-corrected chi connectivity index (χ2v) is 8.16. The Kier molecular flexibility index (Phi) is 7.19. The highest BCUT2D eigenvalue weighted by molar-refractivity contribution is 5.90. The third kappa shape index (κ3) is 6.32. The van der Waals surface area contributed by atoms with Crippen LogP contribution in [0.15, 0.2) is 72.9 Å². The van der Waals surface area contributed by atoms with Crippen LogP contribution in [0.5, 0.6) is 5.75 Å². The maximum Gasteiger partial charge on any atom is 0.245 e. The molecule has 170 valence electrons. The standard InChI is InChI=1S/C26H28N4O3/c1-19-7-9-20(10-8-19)17-30-14-13-23(26(30)32)29-25(31)16-28-24-12-11-22(15-27-24)33-18-21-5-3-2-4-6-21/h2-12,15,23H,13-14,16-18H2,1H3,(H,27,28)(H,29,31)/t23-/m1/s1. The molecule has 1 saturated heterocycles. The lowest BCUT2D eigenvalue weighted by Crippen LogP contribution is -2.43. The zero-order valence-electron chi connectivity index (χ0n) is 18.7. The molecule has 1 aromatic heterocycles. The largest absolute Gasteiger partial charge is 0.487 e. The fraction of sp³-hybridized carbons (Fsp3) is 0.269. The van der Waals surface area contributed by atoms with Crippen LogP contribution < -0.4 is 15.4 Å². The van der Waals surface area contributed by atoms with Gasteiger partial charge in [-0.2, -0.15) is 0 Å². The number of benzene rings is 2. The van der Waals surface area contributed by atoms with Gasteiger partial charge in [-0.3, -0.25) is 9.59 Å². The number of anilines is 1. The quantitative estimate of drug-likeness (QED) is 0.529. The normalized spacial score (nSPS) is 15.4. The van der Waals surface area contributed by atoms with Crippen LogP contribution in [0.3, 0.4) is 0 Å². The summed E-state index contributed by atoms with van der Waals surface area (Å²) in [7, 11) is 0. The minimum atomic E-state index is -0.480. The van der Waals surface area contributed by atoms with Crippen molar-refractivity contribution < 1.29 is 14.3 Å². The minimum Gasteiger partial charge on any atom is -0.487 e. The van der Waals surface area contributed by atoms with Gasteiger partial charge in [0.25, 0.3) is 0 Å². The first-order chi connectivity index (χ1) is 16.1. The number of carbonyl (C=O) groups is 2. The Labute approximate surface area is 193 Å². The van der Waals surface area contributed by atoms with E-state index in [2.05, 4.69) is 15.6 Å². The van der Waals surface area contributed by atoms with E-state index in [0.717, 1.165) is 11.1 Å². The minimum absolute atomic E-state index is 0.0398. The van der Waals surface area contributed by atoms with E-state index in [-0.39, 0.29) is 18.4 Å². The highest BCUT2D eigenvalue weighted by Gasteiger charge is 2.32. The molecular weight excluding hydrogens is 416 g/mol. The van der Waals surface area contributed by atoms with Crippen LogP contribution in [0.1, 0.15) is 23.1 Å². The number of amides is 2. The number of ether oxygens (including phenoxy) is 1. The second-order valence-electron chi connectivity index (χ2n) is 8.16. The smallest absolute Gasteiger partial charge is 0.245 e. The summed E-state index contributed by atoms with van der Waals surface area (Å²) < 4.78 is 5.72. The molecular formula is C26H28N4O3. The van der Waals surface area contributed by atoms with Crippen LogP contribution in [-0.2, 0) is 22.7 Å². The maximum absolute atomic E-state index is 12.7. The summed E-state index contributed by atoms with van der Waals surface area (Å²) >= 11 is 0. The first-order valence-corrected chi connectivity index (χ1v) is 11.1. The van der Waals surface area contributed by atoms with Crippen LogP contribution in [0, 0.1) is 6.92 Å². The summed E-state index contributed by atoms with van der Waals surface area (Å²) in [6.45, 7) is 3.74. The Morgan fingerprint density at radius 1 is 1.06 bits per heavy atom. The zero-order valence-corrected chi connectivity index (χ0v) is 18.7. The van der Waals surface area contributed by atoms with Gasteiger partial charge in [-0.25, -0.2) is 4.98 Å². The summed E-state index contributed by atoms with van der Waals surface area (Å²) in [4.78, 5) is 31.1. The molecule has 2 heterocycles. The lowest BCUT2D eigenvalue weighted by Gasteiger charge is -2.17.